The zero-order valence-electron chi connectivity index (χ0n) is 11.3. The molecule has 0 saturated carbocycles. The lowest BCUT2D eigenvalue weighted by Gasteiger charge is -2.23. The maximum absolute atomic E-state index is 11.6. The van der Waals surface area contributed by atoms with Gasteiger partial charge in [-0.2, -0.15) is 0 Å². The molecule has 0 aliphatic carbocycles. The third-order valence-corrected chi connectivity index (χ3v) is 2.16. The summed E-state index contributed by atoms with van der Waals surface area (Å²) in [6.45, 7) is 5.19. The van der Waals surface area contributed by atoms with E-state index in [4.69, 9.17) is 9.15 Å². The Morgan fingerprint density at radius 3 is 2.63 bits per heavy atom. The highest BCUT2D eigenvalue weighted by molar-refractivity contribution is 5.70. The molecule has 0 radical (unpaired) electrons. The number of carbonyl (C=O) groups excluding carboxylic acids is 2. The van der Waals surface area contributed by atoms with Gasteiger partial charge >= 0.3 is 6.09 Å². The molecule has 0 unspecified atom stereocenters. The summed E-state index contributed by atoms with van der Waals surface area (Å²) in [6, 6.07) is 2.77. The summed E-state index contributed by atoms with van der Waals surface area (Å²) < 4.78 is 10.2. The van der Waals surface area contributed by atoms with Gasteiger partial charge in [0.05, 0.1) is 6.26 Å². The second-order valence-corrected chi connectivity index (χ2v) is 5.20. The molecule has 0 aliphatic heterocycles. The molecular weight excluding hydrogens is 250 g/mol. The number of aliphatic carboxylic acids is 1. The van der Waals surface area contributed by atoms with Gasteiger partial charge in [-0.15, -0.1) is 0 Å². The number of rotatable bonds is 5. The lowest BCUT2D eigenvalue weighted by atomic mass is 10.1. The van der Waals surface area contributed by atoms with Crippen LogP contribution in [0.25, 0.3) is 0 Å². The van der Waals surface area contributed by atoms with Crippen molar-refractivity contribution < 1.29 is 23.8 Å². The Kier molecular flexibility index (Phi) is 4.97. The fourth-order valence-corrected chi connectivity index (χ4v) is 1.52. The summed E-state index contributed by atoms with van der Waals surface area (Å²) in [5.41, 5.74) is -0.638. The third-order valence-electron chi connectivity index (χ3n) is 2.16. The Morgan fingerprint density at radius 1 is 1.47 bits per heavy atom. The molecule has 1 N–H and O–H groups in total. The SMILES string of the molecule is CC(C)(C)OC(=O)N[C@@H](CC(=O)[O-])Cc1ccco1. The van der Waals surface area contributed by atoms with Crippen LogP contribution in [-0.2, 0) is 16.0 Å². The summed E-state index contributed by atoms with van der Waals surface area (Å²) in [4.78, 5) is 22.3. The molecule has 1 aromatic heterocycles. The van der Waals surface area contributed by atoms with Crippen LogP contribution in [0, 0.1) is 0 Å². The highest BCUT2D eigenvalue weighted by Gasteiger charge is 2.20. The molecule has 6 nitrogen and oxygen atoms in total. The number of furan rings is 1. The Hall–Kier alpha value is -1.98. The van der Waals surface area contributed by atoms with Crippen LogP contribution < -0.4 is 10.4 Å². The number of nitrogens with one attached hydrogen (secondary N) is 1. The van der Waals surface area contributed by atoms with Crippen LogP contribution in [0.15, 0.2) is 22.8 Å². The van der Waals surface area contributed by atoms with E-state index in [0.29, 0.717) is 5.76 Å². The van der Waals surface area contributed by atoms with Crippen LogP contribution in [-0.4, -0.2) is 23.7 Å². The molecule has 1 aromatic rings. The highest BCUT2D eigenvalue weighted by Crippen LogP contribution is 2.10. The average molecular weight is 268 g/mol. The van der Waals surface area contributed by atoms with Gasteiger partial charge in [-0.1, -0.05) is 0 Å². The molecule has 0 spiro atoms. The smallest absolute Gasteiger partial charge is 0.407 e. The van der Waals surface area contributed by atoms with Gasteiger partial charge in [-0.25, -0.2) is 4.79 Å². The van der Waals surface area contributed by atoms with Gasteiger partial charge in [-0.05, 0) is 32.9 Å². The van der Waals surface area contributed by atoms with E-state index in [-0.39, 0.29) is 12.8 Å². The number of hydrogen-bond acceptors (Lipinski definition) is 5. The number of hydrogen-bond donors (Lipinski definition) is 1. The van der Waals surface area contributed by atoms with E-state index in [1.165, 1.54) is 6.26 Å². The fraction of sp³-hybridized carbons (Fsp3) is 0.538. The first kappa shape index (κ1) is 15.1. The van der Waals surface area contributed by atoms with E-state index in [1.807, 2.05) is 0 Å². The van der Waals surface area contributed by atoms with Crippen LogP contribution in [0.4, 0.5) is 4.79 Å². The van der Waals surface area contributed by atoms with E-state index in [9.17, 15) is 14.7 Å². The first-order valence-corrected chi connectivity index (χ1v) is 5.98. The minimum atomic E-state index is -1.24. The standard InChI is InChI=1S/C13H19NO5/c1-13(2,3)19-12(17)14-9(8-11(15)16)7-10-5-4-6-18-10/h4-6,9H,7-8H2,1-3H3,(H,14,17)(H,15,16)/p-1/t9-/m1/s1. The van der Waals surface area contributed by atoms with Crippen LogP contribution in [0.3, 0.4) is 0 Å². The number of carboxylic acid groups (broad SMARTS) is 1. The van der Waals surface area contributed by atoms with E-state index in [1.54, 1.807) is 32.9 Å². The summed E-state index contributed by atoms with van der Waals surface area (Å²) in [7, 11) is 0. The Bertz CT molecular complexity index is 419. The second-order valence-electron chi connectivity index (χ2n) is 5.20. The van der Waals surface area contributed by atoms with Crippen LogP contribution in [0.5, 0.6) is 0 Å². The van der Waals surface area contributed by atoms with Crippen molar-refractivity contribution in [3.63, 3.8) is 0 Å². The van der Waals surface area contributed by atoms with Gasteiger partial charge < -0.3 is 24.4 Å². The molecular formula is C13H18NO5-. The van der Waals surface area contributed by atoms with E-state index < -0.39 is 23.7 Å². The summed E-state index contributed by atoms with van der Waals surface area (Å²) >= 11 is 0. The van der Waals surface area contributed by atoms with Crippen molar-refractivity contribution in [1.82, 2.24) is 5.32 Å². The molecule has 1 heterocycles. The van der Waals surface area contributed by atoms with Gasteiger partial charge in [0.1, 0.15) is 11.4 Å². The minimum Gasteiger partial charge on any atom is -0.550 e. The number of carboxylic acids is 1. The van der Waals surface area contributed by atoms with Gasteiger partial charge in [0, 0.05) is 24.9 Å². The fourth-order valence-electron chi connectivity index (χ4n) is 1.52. The van der Waals surface area contributed by atoms with E-state index in [0.717, 1.165) is 0 Å². The van der Waals surface area contributed by atoms with Crippen LogP contribution in [0.2, 0.25) is 0 Å². The number of ether oxygens (including phenoxy) is 1. The van der Waals surface area contributed by atoms with Crippen molar-refractivity contribution >= 4 is 12.1 Å². The van der Waals surface area contributed by atoms with Crippen molar-refractivity contribution in [3.8, 4) is 0 Å². The normalized spacial score (nSPS) is 12.8. The number of alkyl carbamates (subject to hydrolysis) is 1. The second kappa shape index (κ2) is 6.26. The molecule has 0 saturated heterocycles. The van der Waals surface area contributed by atoms with Crippen LogP contribution >= 0.6 is 0 Å². The highest BCUT2D eigenvalue weighted by atomic mass is 16.6. The first-order chi connectivity index (χ1) is 8.76. The molecule has 0 bridgehead atoms. The van der Waals surface area contributed by atoms with Crippen molar-refractivity contribution in [2.75, 3.05) is 0 Å². The van der Waals surface area contributed by atoms with Crippen molar-refractivity contribution in [2.45, 2.75) is 45.3 Å². The molecule has 1 atom stereocenters. The maximum Gasteiger partial charge on any atom is 0.407 e. The van der Waals surface area contributed by atoms with Crippen molar-refractivity contribution in [2.24, 2.45) is 0 Å². The van der Waals surface area contributed by atoms with Gasteiger partial charge in [0.15, 0.2) is 0 Å². The van der Waals surface area contributed by atoms with Gasteiger partial charge in [0.2, 0.25) is 0 Å². The molecule has 19 heavy (non-hydrogen) atoms. The van der Waals surface area contributed by atoms with Gasteiger partial charge in [-0.3, -0.25) is 0 Å². The molecule has 1 rings (SSSR count). The lowest BCUT2D eigenvalue weighted by Crippen LogP contribution is -2.43. The largest absolute Gasteiger partial charge is 0.550 e. The molecule has 6 heteroatoms. The molecule has 0 fully saturated rings. The molecule has 0 aromatic carbocycles. The lowest BCUT2D eigenvalue weighted by molar-refractivity contribution is -0.306. The summed E-state index contributed by atoms with van der Waals surface area (Å²) in [5, 5.41) is 13.2. The average Bonchev–Trinajstić information content (AvgIpc) is 2.65. The monoisotopic (exact) mass is 268 g/mol. The zero-order valence-corrected chi connectivity index (χ0v) is 11.3. The summed E-state index contributed by atoms with van der Waals surface area (Å²) in [5.74, 6) is -0.657. The molecule has 0 aliphatic rings. The van der Waals surface area contributed by atoms with Gasteiger partial charge in [0.25, 0.3) is 0 Å². The molecule has 106 valence electrons. The topological polar surface area (TPSA) is 91.6 Å². The zero-order chi connectivity index (χ0) is 14.5. The third kappa shape index (κ3) is 6.49. The maximum atomic E-state index is 11.6. The Balaban J connectivity index is 2.59. The van der Waals surface area contributed by atoms with E-state index in [2.05, 4.69) is 5.32 Å². The first-order valence-electron chi connectivity index (χ1n) is 5.98. The minimum absolute atomic E-state index is 0.264. The number of carbonyl (C=O) groups is 2. The predicted molar refractivity (Wildman–Crippen MR) is 65.2 cm³/mol. The number of amides is 1. The van der Waals surface area contributed by atoms with E-state index >= 15 is 0 Å². The predicted octanol–water partition coefficient (Wildman–Crippen LogP) is 0.855. The molecule has 1 amide bonds. The quantitative estimate of drug-likeness (QED) is 0.855. The van der Waals surface area contributed by atoms with Crippen LogP contribution in [0.1, 0.15) is 33.0 Å². The Morgan fingerprint density at radius 2 is 2.16 bits per heavy atom. The van der Waals surface area contributed by atoms with Crippen molar-refractivity contribution in [1.29, 1.82) is 0 Å². The van der Waals surface area contributed by atoms with Crippen molar-refractivity contribution in [3.05, 3.63) is 24.2 Å². The summed E-state index contributed by atoms with van der Waals surface area (Å²) in [6.07, 6.45) is 0.782. The Labute approximate surface area is 111 Å².